The van der Waals surface area contributed by atoms with E-state index in [1.165, 1.54) is 19.8 Å². The molecule has 0 saturated heterocycles. The lowest BCUT2D eigenvalue weighted by atomic mass is 10.1. The van der Waals surface area contributed by atoms with Crippen molar-refractivity contribution in [1.29, 1.82) is 0 Å². The Hall–Kier alpha value is -2.04. The zero-order chi connectivity index (χ0) is 16.1. The van der Waals surface area contributed by atoms with Crippen LogP contribution in [0.15, 0.2) is 24.3 Å². The number of hydrogen-bond donors (Lipinski definition) is 2. The molecular formula is C17H25N3O2. The molecule has 2 N–H and O–H groups in total. The summed E-state index contributed by atoms with van der Waals surface area (Å²) in [6.45, 7) is 4.25. The van der Waals surface area contributed by atoms with Crippen molar-refractivity contribution in [3.8, 4) is 0 Å². The van der Waals surface area contributed by atoms with Crippen LogP contribution in [0.25, 0.3) is 0 Å². The average molecular weight is 303 g/mol. The number of anilines is 1. The van der Waals surface area contributed by atoms with Crippen LogP contribution in [0.5, 0.6) is 0 Å². The van der Waals surface area contributed by atoms with Crippen LogP contribution >= 0.6 is 0 Å². The molecule has 3 amide bonds. The van der Waals surface area contributed by atoms with Gasteiger partial charge in [-0.15, -0.1) is 0 Å². The molecule has 0 bridgehead atoms. The van der Waals surface area contributed by atoms with Crippen LogP contribution in [0.3, 0.4) is 0 Å². The molecule has 1 aromatic rings. The van der Waals surface area contributed by atoms with E-state index in [-0.39, 0.29) is 18.0 Å². The van der Waals surface area contributed by atoms with Crippen LogP contribution in [0, 0.1) is 5.92 Å². The Bertz CT molecular complexity index is 544. The van der Waals surface area contributed by atoms with Crippen molar-refractivity contribution >= 4 is 17.6 Å². The van der Waals surface area contributed by atoms with Gasteiger partial charge in [0.25, 0.3) is 0 Å². The summed E-state index contributed by atoms with van der Waals surface area (Å²) >= 11 is 0. The maximum Gasteiger partial charge on any atom is 0.319 e. The predicted octanol–water partition coefficient (Wildman–Crippen LogP) is 2.98. The second-order valence-corrected chi connectivity index (χ2v) is 6.19. The summed E-state index contributed by atoms with van der Waals surface area (Å²) < 4.78 is 0. The summed E-state index contributed by atoms with van der Waals surface area (Å²) in [4.78, 5) is 25.0. The van der Waals surface area contributed by atoms with Crippen molar-refractivity contribution in [3.63, 3.8) is 0 Å². The number of hydrogen-bond acceptors (Lipinski definition) is 2. The van der Waals surface area contributed by atoms with Crippen molar-refractivity contribution in [2.75, 3.05) is 12.4 Å². The summed E-state index contributed by atoms with van der Waals surface area (Å²) in [7, 11) is 1.76. The van der Waals surface area contributed by atoms with E-state index in [1.54, 1.807) is 11.9 Å². The molecule has 5 nitrogen and oxygen atoms in total. The first-order valence-corrected chi connectivity index (χ1v) is 7.84. The van der Waals surface area contributed by atoms with Gasteiger partial charge in [0.05, 0.1) is 0 Å². The first kappa shape index (κ1) is 16.3. The number of benzene rings is 1. The van der Waals surface area contributed by atoms with E-state index in [0.29, 0.717) is 12.5 Å². The molecule has 1 aliphatic rings. The third-order valence-electron chi connectivity index (χ3n) is 4.32. The Labute approximate surface area is 132 Å². The Morgan fingerprint density at radius 1 is 1.32 bits per heavy atom. The van der Waals surface area contributed by atoms with Crippen LogP contribution in [0.2, 0.25) is 0 Å². The van der Waals surface area contributed by atoms with Gasteiger partial charge in [-0.25, -0.2) is 4.79 Å². The van der Waals surface area contributed by atoms with Crippen molar-refractivity contribution < 1.29 is 9.59 Å². The van der Waals surface area contributed by atoms with Crippen LogP contribution < -0.4 is 10.6 Å². The van der Waals surface area contributed by atoms with E-state index in [0.717, 1.165) is 17.7 Å². The quantitative estimate of drug-likeness (QED) is 0.898. The number of nitrogens with one attached hydrogen (secondary N) is 2. The van der Waals surface area contributed by atoms with Gasteiger partial charge in [-0.3, -0.25) is 4.79 Å². The number of rotatable bonds is 4. The molecule has 120 valence electrons. The van der Waals surface area contributed by atoms with Gasteiger partial charge in [0, 0.05) is 32.2 Å². The Morgan fingerprint density at radius 3 is 2.73 bits per heavy atom. The molecule has 2 atom stereocenters. The molecule has 1 aliphatic carbocycles. The molecule has 0 heterocycles. The minimum absolute atomic E-state index is 0.0197. The minimum Gasteiger partial charge on any atom is -0.342 e. The Morgan fingerprint density at radius 2 is 2.09 bits per heavy atom. The lowest BCUT2D eigenvalue weighted by Gasteiger charge is -2.18. The lowest BCUT2D eigenvalue weighted by molar-refractivity contribution is -0.128. The summed E-state index contributed by atoms with van der Waals surface area (Å²) in [5, 5.41) is 5.92. The number of urea groups is 1. The summed E-state index contributed by atoms with van der Waals surface area (Å²) in [6.07, 6.45) is 3.41. The molecular weight excluding hydrogens is 278 g/mol. The van der Waals surface area contributed by atoms with E-state index in [1.807, 2.05) is 24.3 Å². The van der Waals surface area contributed by atoms with Gasteiger partial charge < -0.3 is 15.5 Å². The van der Waals surface area contributed by atoms with E-state index in [2.05, 4.69) is 17.6 Å². The summed E-state index contributed by atoms with van der Waals surface area (Å²) in [5.41, 5.74) is 1.74. The third kappa shape index (κ3) is 4.48. The molecule has 0 spiro atoms. The lowest BCUT2D eigenvalue weighted by Crippen LogP contribution is -2.39. The van der Waals surface area contributed by atoms with Gasteiger partial charge in [0.15, 0.2) is 0 Å². The van der Waals surface area contributed by atoms with Crippen LogP contribution in [-0.2, 0) is 11.3 Å². The predicted molar refractivity (Wildman–Crippen MR) is 87.5 cm³/mol. The molecule has 2 rings (SSSR count). The van der Waals surface area contributed by atoms with Crippen LogP contribution in [0.4, 0.5) is 10.5 Å². The fourth-order valence-corrected chi connectivity index (χ4v) is 2.83. The highest BCUT2D eigenvalue weighted by Crippen LogP contribution is 2.24. The standard InChI is InChI=1S/C17H25N3O2/c1-12-6-4-9-16(12)19-17(22)18-15-8-5-7-14(10-15)11-20(3)13(2)21/h5,7-8,10,12,16H,4,6,9,11H2,1-3H3,(H2,18,19,22)/t12-,16+/m1/s1. The van der Waals surface area contributed by atoms with E-state index in [9.17, 15) is 9.59 Å². The van der Waals surface area contributed by atoms with Crippen molar-refractivity contribution in [3.05, 3.63) is 29.8 Å². The highest BCUT2D eigenvalue weighted by Gasteiger charge is 2.24. The summed E-state index contributed by atoms with van der Waals surface area (Å²) in [5.74, 6) is 0.563. The fourth-order valence-electron chi connectivity index (χ4n) is 2.83. The van der Waals surface area contributed by atoms with Gasteiger partial charge in [0.1, 0.15) is 0 Å². The zero-order valence-electron chi connectivity index (χ0n) is 13.6. The number of carbonyl (C=O) groups excluding carboxylic acids is 2. The van der Waals surface area contributed by atoms with E-state index < -0.39 is 0 Å². The molecule has 0 radical (unpaired) electrons. The molecule has 0 aromatic heterocycles. The van der Waals surface area contributed by atoms with Gasteiger partial charge in [-0.05, 0) is 36.5 Å². The van der Waals surface area contributed by atoms with Crippen molar-refractivity contribution in [1.82, 2.24) is 10.2 Å². The van der Waals surface area contributed by atoms with Crippen LogP contribution in [0.1, 0.15) is 38.7 Å². The number of carbonyl (C=O) groups is 2. The highest BCUT2D eigenvalue weighted by atomic mass is 16.2. The van der Waals surface area contributed by atoms with Gasteiger partial charge in [-0.1, -0.05) is 25.5 Å². The third-order valence-corrected chi connectivity index (χ3v) is 4.32. The SMILES string of the molecule is CC(=O)N(C)Cc1cccc(NC(=O)N[C@H]2CCC[C@H]2C)c1. The van der Waals surface area contributed by atoms with Crippen molar-refractivity contribution in [2.24, 2.45) is 5.92 Å². The second kappa shape index (κ2) is 7.29. The first-order chi connectivity index (χ1) is 10.5. The van der Waals surface area contributed by atoms with Crippen LogP contribution in [-0.4, -0.2) is 29.9 Å². The minimum atomic E-state index is -0.157. The molecule has 0 unspecified atom stereocenters. The van der Waals surface area contributed by atoms with Gasteiger partial charge in [-0.2, -0.15) is 0 Å². The first-order valence-electron chi connectivity index (χ1n) is 7.84. The molecule has 1 aromatic carbocycles. The molecule has 1 fully saturated rings. The normalized spacial score (nSPS) is 20.5. The number of nitrogens with zero attached hydrogens (tertiary/aromatic N) is 1. The molecule has 1 saturated carbocycles. The number of amides is 3. The molecule has 5 heteroatoms. The maximum absolute atomic E-state index is 12.1. The zero-order valence-corrected chi connectivity index (χ0v) is 13.6. The van der Waals surface area contributed by atoms with E-state index >= 15 is 0 Å². The van der Waals surface area contributed by atoms with Crippen molar-refractivity contribution in [2.45, 2.75) is 45.7 Å². The Balaban J connectivity index is 1.92. The van der Waals surface area contributed by atoms with Gasteiger partial charge in [0.2, 0.25) is 5.91 Å². The second-order valence-electron chi connectivity index (χ2n) is 6.19. The van der Waals surface area contributed by atoms with E-state index in [4.69, 9.17) is 0 Å². The highest BCUT2D eigenvalue weighted by molar-refractivity contribution is 5.89. The van der Waals surface area contributed by atoms with Gasteiger partial charge >= 0.3 is 6.03 Å². The maximum atomic E-state index is 12.1. The fraction of sp³-hybridized carbons (Fsp3) is 0.529. The average Bonchev–Trinajstić information content (AvgIpc) is 2.84. The largest absolute Gasteiger partial charge is 0.342 e. The molecule has 22 heavy (non-hydrogen) atoms. The topological polar surface area (TPSA) is 61.4 Å². The summed E-state index contributed by atoms with van der Waals surface area (Å²) in [6, 6.07) is 7.70. The smallest absolute Gasteiger partial charge is 0.319 e. The monoisotopic (exact) mass is 303 g/mol. The Kier molecular flexibility index (Phi) is 5.41. The molecule has 0 aliphatic heterocycles.